The zero-order valence-corrected chi connectivity index (χ0v) is 12.6. The predicted molar refractivity (Wildman–Crippen MR) is 83.1 cm³/mol. The first-order valence-corrected chi connectivity index (χ1v) is 7.60. The maximum Gasteiger partial charge on any atom is 0.255 e. The number of rotatable bonds is 4. The van der Waals surface area contributed by atoms with Gasteiger partial charge in [-0.15, -0.1) is 5.10 Å². The van der Waals surface area contributed by atoms with Gasteiger partial charge < -0.3 is 10.5 Å². The first-order valence-electron chi connectivity index (χ1n) is 6.38. The van der Waals surface area contributed by atoms with E-state index in [0.29, 0.717) is 23.4 Å². The summed E-state index contributed by atoms with van der Waals surface area (Å²) in [5.41, 5.74) is 8.88. The molecule has 2 N–H and O–H groups in total. The zero-order chi connectivity index (χ0) is 14.8. The number of thioether (sulfide) groups is 1. The van der Waals surface area contributed by atoms with Crippen molar-refractivity contribution in [2.75, 3.05) is 19.1 Å². The van der Waals surface area contributed by atoms with Gasteiger partial charge in [0.25, 0.3) is 5.78 Å². The Hall–Kier alpha value is -2.12. The van der Waals surface area contributed by atoms with E-state index < -0.39 is 0 Å². The molecule has 21 heavy (non-hydrogen) atoms. The summed E-state index contributed by atoms with van der Waals surface area (Å²) < 4.78 is 6.82. The van der Waals surface area contributed by atoms with E-state index >= 15 is 0 Å². The highest BCUT2D eigenvalue weighted by Gasteiger charge is 2.17. The Balaban J connectivity index is 2.29. The maximum atomic E-state index is 6.31. The lowest BCUT2D eigenvalue weighted by atomic mass is 10.0. The average molecular weight is 301 g/mol. The molecule has 3 rings (SSSR count). The fraction of sp³-hybridized carbons (Fsp3) is 0.214. The van der Waals surface area contributed by atoms with Crippen LogP contribution in [0.5, 0.6) is 0 Å². The molecule has 0 aliphatic carbocycles. The van der Waals surface area contributed by atoms with Crippen molar-refractivity contribution in [1.29, 1.82) is 0 Å². The molecule has 0 fully saturated rings. The molecule has 0 saturated heterocycles. The molecular weight excluding hydrogens is 286 g/mol. The van der Waals surface area contributed by atoms with Crippen LogP contribution in [0.25, 0.3) is 16.9 Å². The van der Waals surface area contributed by atoms with Gasteiger partial charge in [-0.05, 0) is 11.8 Å². The summed E-state index contributed by atoms with van der Waals surface area (Å²) in [6.07, 6.45) is 1.92. The van der Waals surface area contributed by atoms with Gasteiger partial charge in [0.1, 0.15) is 5.82 Å². The minimum Gasteiger partial charge on any atom is -0.383 e. The van der Waals surface area contributed by atoms with E-state index in [1.54, 1.807) is 11.6 Å². The number of benzene rings is 1. The first-order chi connectivity index (χ1) is 10.2. The summed E-state index contributed by atoms with van der Waals surface area (Å²) in [7, 11) is 1.63. The number of ether oxygens (including phenoxy) is 1. The van der Waals surface area contributed by atoms with Crippen LogP contribution in [0.4, 0.5) is 5.82 Å². The fourth-order valence-corrected chi connectivity index (χ4v) is 2.53. The van der Waals surface area contributed by atoms with Gasteiger partial charge in [0, 0.05) is 12.7 Å². The van der Waals surface area contributed by atoms with Crippen molar-refractivity contribution in [2.24, 2.45) is 0 Å². The van der Waals surface area contributed by atoms with E-state index in [1.807, 2.05) is 36.6 Å². The van der Waals surface area contributed by atoms with E-state index in [-0.39, 0.29) is 0 Å². The zero-order valence-electron chi connectivity index (χ0n) is 11.8. The quantitative estimate of drug-likeness (QED) is 0.745. The van der Waals surface area contributed by atoms with Crippen molar-refractivity contribution >= 4 is 23.4 Å². The van der Waals surface area contributed by atoms with E-state index in [0.717, 1.165) is 16.8 Å². The Morgan fingerprint density at radius 3 is 2.67 bits per heavy atom. The van der Waals surface area contributed by atoms with Gasteiger partial charge in [-0.1, -0.05) is 42.1 Å². The van der Waals surface area contributed by atoms with Gasteiger partial charge in [-0.25, -0.2) is 4.98 Å². The van der Waals surface area contributed by atoms with E-state index in [9.17, 15) is 0 Å². The smallest absolute Gasteiger partial charge is 0.255 e. The van der Waals surface area contributed by atoms with E-state index in [4.69, 9.17) is 10.5 Å². The lowest BCUT2D eigenvalue weighted by molar-refractivity contribution is 0.182. The molecule has 0 unspecified atom stereocenters. The minimum atomic E-state index is 0.367. The Morgan fingerprint density at radius 1 is 1.24 bits per heavy atom. The molecule has 2 heterocycles. The number of hydrogen-bond donors (Lipinski definition) is 1. The lowest BCUT2D eigenvalue weighted by Gasteiger charge is -2.12. The fourth-order valence-electron chi connectivity index (χ4n) is 2.20. The summed E-state index contributed by atoms with van der Waals surface area (Å²) in [5.74, 6) is 1.01. The Kier molecular flexibility index (Phi) is 3.76. The average Bonchev–Trinajstić information content (AvgIpc) is 2.92. The van der Waals surface area contributed by atoms with Crippen LogP contribution in [-0.4, -0.2) is 32.9 Å². The number of aromatic nitrogens is 4. The van der Waals surface area contributed by atoms with Crippen LogP contribution in [0.3, 0.4) is 0 Å². The second-order valence-corrected chi connectivity index (χ2v) is 5.20. The van der Waals surface area contributed by atoms with Gasteiger partial charge in [-0.2, -0.15) is 9.50 Å². The molecule has 0 amide bonds. The highest BCUT2D eigenvalue weighted by Crippen LogP contribution is 2.30. The van der Waals surface area contributed by atoms with E-state index in [2.05, 4.69) is 15.1 Å². The lowest BCUT2D eigenvalue weighted by Crippen LogP contribution is -2.08. The third kappa shape index (κ3) is 2.45. The van der Waals surface area contributed by atoms with Crippen LogP contribution in [0, 0.1) is 0 Å². The summed E-state index contributed by atoms with van der Waals surface area (Å²) in [4.78, 5) is 8.88. The van der Waals surface area contributed by atoms with Crippen molar-refractivity contribution in [1.82, 2.24) is 19.6 Å². The molecule has 0 saturated carbocycles. The third-order valence-electron chi connectivity index (χ3n) is 3.10. The molecule has 0 aliphatic heterocycles. The van der Waals surface area contributed by atoms with Gasteiger partial charge in [0.05, 0.1) is 12.3 Å². The molecule has 0 aliphatic rings. The number of fused-ring (bicyclic) bond motifs is 1. The number of nitrogens with zero attached hydrogens (tertiary/aromatic N) is 4. The molecule has 108 valence electrons. The van der Waals surface area contributed by atoms with Crippen LogP contribution >= 0.6 is 11.8 Å². The molecule has 1 aromatic carbocycles. The molecule has 3 aromatic rings. The normalized spacial score (nSPS) is 11.1. The Bertz CT molecular complexity index is 772. The van der Waals surface area contributed by atoms with Crippen molar-refractivity contribution < 1.29 is 4.74 Å². The monoisotopic (exact) mass is 301 g/mol. The highest BCUT2D eigenvalue weighted by atomic mass is 32.2. The van der Waals surface area contributed by atoms with Crippen molar-refractivity contribution in [3.63, 3.8) is 0 Å². The van der Waals surface area contributed by atoms with Crippen LogP contribution in [0.2, 0.25) is 0 Å². The molecule has 2 aromatic heterocycles. The number of nitrogens with two attached hydrogens (primary N) is 1. The number of methoxy groups -OCH3 is 1. The first kappa shape index (κ1) is 13.8. The van der Waals surface area contributed by atoms with Gasteiger partial charge in [-0.3, -0.25) is 0 Å². The Morgan fingerprint density at radius 2 is 2.00 bits per heavy atom. The Labute approximate surface area is 126 Å². The number of hydrogen-bond acceptors (Lipinski definition) is 6. The largest absolute Gasteiger partial charge is 0.383 e. The van der Waals surface area contributed by atoms with Crippen LogP contribution < -0.4 is 5.73 Å². The number of nitrogen functional groups attached to an aromatic ring is 1. The summed E-state index contributed by atoms with van der Waals surface area (Å²) >= 11 is 1.45. The second-order valence-electron chi connectivity index (χ2n) is 4.43. The predicted octanol–water partition coefficient (Wildman–Crippen LogP) is 2.24. The SMILES string of the molecule is COCc1nc2nc(SC)nn2c(N)c1-c1ccccc1. The van der Waals surface area contributed by atoms with Crippen molar-refractivity contribution in [3.8, 4) is 11.1 Å². The van der Waals surface area contributed by atoms with E-state index in [1.165, 1.54) is 11.8 Å². The standard InChI is InChI=1S/C14H15N5OS/c1-20-8-10-11(9-6-4-3-5-7-9)12(15)19-13(16-10)17-14(18-19)21-2/h3-7H,8,15H2,1-2H3. The van der Waals surface area contributed by atoms with Crippen LogP contribution in [0.1, 0.15) is 5.69 Å². The topological polar surface area (TPSA) is 78.3 Å². The summed E-state index contributed by atoms with van der Waals surface area (Å²) in [6.45, 7) is 0.367. The second kappa shape index (κ2) is 5.71. The molecule has 6 nitrogen and oxygen atoms in total. The van der Waals surface area contributed by atoms with Crippen LogP contribution in [-0.2, 0) is 11.3 Å². The number of anilines is 1. The molecule has 0 spiro atoms. The molecular formula is C14H15N5OS. The molecule has 7 heteroatoms. The van der Waals surface area contributed by atoms with Crippen LogP contribution in [0.15, 0.2) is 35.5 Å². The third-order valence-corrected chi connectivity index (χ3v) is 3.64. The maximum absolute atomic E-state index is 6.31. The minimum absolute atomic E-state index is 0.367. The van der Waals surface area contributed by atoms with Gasteiger partial charge in [0.2, 0.25) is 5.16 Å². The van der Waals surface area contributed by atoms with Gasteiger partial charge in [0.15, 0.2) is 0 Å². The van der Waals surface area contributed by atoms with Gasteiger partial charge >= 0.3 is 0 Å². The molecule has 0 atom stereocenters. The summed E-state index contributed by atoms with van der Waals surface area (Å²) in [5, 5.41) is 5.00. The highest BCUT2D eigenvalue weighted by molar-refractivity contribution is 7.98. The van der Waals surface area contributed by atoms with Crippen molar-refractivity contribution in [2.45, 2.75) is 11.8 Å². The molecule has 0 bridgehead atoms. The van der Waals surface area contributed by atoms with Crippen molar-refractivity contribution in [3.05, 3.63) is 36.0 Å². The summed E-state index contributed by atoms with van der Waals surface area (Å²) in [6, 6.07) is 9.87. The molecule has 0 radical (unpaired) electrons.